The first-order chi connectivity index (χ1) is 13.7. The van der Waals surface area contributed by atoms with Crippen molar-refractivity contribution in [3.8, 4) is 28.4 Å². The summed E-state index contributed by atoms with van der Waals surface area (Å²) in [5, 5.41) is 0. The molecule has 0 atom stereocenters. The van der Waals surface area contributed by atoms with Gasteiger partial charge in [-0.2, -0.15) is 0 Å². The molecule has 28 heavy (non-hydrogen) atoms. The van der Waals surface area contributed by atoms with E-state index in [2.05, 4.69) is 9.88 Å². The maximum Gasteiger partial charge on any atom is 0.165 e. The van der Waals surface area contributed by atoms with Crippen molar-refractivity contribution in [3.63, 3.8) is 0 Å². The summed E-state index contributed by atoms with van der Waals surface area (Å²) in [5.41, 5.74) is 16.8. The predicted molar refractivity (Wildman–Crippen MR) is 111 cm³/mol. The third-order valence-corrected chi connectivity index (χ3v) is 4.81. The van der Waals surface area contributed by atoms with Crippen molar-refractivity contribution in [1.82, 2.24) is 9.97 Å². The second kappa shape index (κ2) is 7.74. The van der Waals surface area contributed by atoms with Crippen LogP contribution in [-0.4, -0.2) is 43.4 Å². The Kier molecular flexibility index (Phi) is 4.99. The highest BCUT2D eigenvalue weighted by Crippen LogP contribution is 2.41. The molecule has 1 saturated heterocycles. The van der Waals surface area contributed by atoms with E-state index >= 15 is 0 Å². The highest BCUT2D eigenvalue weighted by molar-refractivity contribution is 5.85. The molecule has 0 radical (unpaired) electrons. The Labute approximate surface area is 163 Å². The molecular formula is C21H23N5O2. The molecule has 0 bridgehead atoms. The number of methoxy groups -OCH3 is 1. The normalized spacial score (nSPS) is 14.1. The Morgan fingerprint density at radius 2 is 1.75 bits per heavy atom. The van der Waals surface area contributed by atoms with Gasteiger partial charge >= 0.3 is 0 Å². The van der Waals surface area contributed by atoms with Crippen LogP contribution < -0.4 is 21.1 Å². The fourth-order valence-corrected chi connectivity index (χ4v) is 3.37. The van der Waals surface area contributed by atoms with Crippen LogP contribution >= 0.6 is 0 Å². The zero-order valence-electron chi connectivity index (χ0n) is 15.8. The minimum atomic E-state index is 0.527. The molecule has 1 aromatic heterocycles. The fourth-order valence-electron chi connectivity index (χ4n) is 3.37. The van der Waals surface area contributed by atoms with E-state index in [4.69, 9.17) is 25.9 Å². The molecular weight excluding hydrogens is 354 g/mol. The minimum Gasteiger partial charge on any atom is -0.494 e. The molecule has 2 heterocycles. The first kappa shape index (κ1) is 18.1. The molecule has 144 valence electrons. The van der Waals surface area contributed by atoms with Crippen LogP contribution in [0.1, 0.15) is 0 Å². The zero-order chi connectivity index (χ0) is 19.5. The monoisotopic (exact) mass is 377 g/mol. The molecule has 1 aliphatic heterocycles. The molecule has 1 fully saturated rings. The summed E-state index contributed by atoms with van der Waals surface area (Å²) in [6, 6.07) is 13.3. The highest BCUT2D eigenvalue weighted by Gasteiger charge is 2.22. The average molecular weight is 377 g/mol. The van der Waals surface area contributed by atoms with Crippen LogP contribution in [0.15, 0.2) is 48.7 Å². The third-order valence-electron chi connectivity index (χ3n) is 4.81. The molecule has 1 aliphatic rings. The summed E-state index contributed by atoms with van der Waals surface area (Å²) < 4.78 is 11.2. The van der Waals surface area contributed by atoms with E-state index in [0.717, 1.165) is 30.0 Å². The Bertz CT molecular complexity index is 969. The van der Waals surface area contributed by atoms with Gasteiger partial charge in [-0.05, 0) is 30.3 Å². The summed E-state index contributed by atoms with van der Waals surface area (Å²) in [7, 11) is 1.64. The van der Waals surface area contributed by atoms with Crippen molar-refractivity contribution in [2.24, 2.45) is 0 Å². The quantitative estimate of drug-likeness (QED) is 0.674. The van der Waals surface area contributed by atoms with Gasteiger partial charge in [0.2, 0.25) is 0 Å². The van der Waals surface area contributed by atoms with Crippen LogP contribution in [0.3, 0.4) is 0 Å². The lowest BCUT2D eigenvalue weighted by molar-refractivity contribution is 0.122. The van der Waals surface area contributed by atoms with E-state index in [0.29, 0.717) is 41.7 Å². The van der Waals surface area contributed by atoms with Gasteiger partial charge in [-0.15, -0.1) is 0 Å². The molecule has 7 nitrogen and oxygen atoms in total. The van der Waals surface area contributed by atoms with E-state index in [1.54, 1.807) is 13.3 Å². The van der Waals surface area contributed by atoms with Gasteiger partial charge in [0.05, 0.1) is 37.3 Å². The summed E-state index contributed by atoms with van der Waals surface area (Å²) in [5.74, 6) is 1.20. The van der Waals surface area contributed by atoms with Crippen molar-refractivity contribution in [3.05, 3.63) is 48.7 Å². The number of rotatable bonds is 4. The van der Waals surface area contributed by atoms with Gasteiger partial charge in [0, 0.05) is 36.2 Å². The van der Waals surface area contributed by atoms with Crippen molar-refractivity contribution in [2.45, 2.75) is 0 Å². The summed E-state index contributed by atoms with van der Waals surface area (Å²) >= 11 is 0. The number of nitrogens with zero attached hydrogens (tertiary/aromatic N) is 3. The van der Waals surface area contributed by atoms with Gasteiger partial charge < -0.3 is 25.8 Å². The lowest BCUT2D eigenvalue weighted by atomic mass is 10.1. The predicted octanol–water partition coefficient (Wildman–Crippen LogP) is 2.82. The van der Waals surface area contributed by atoms with E-state index in [-0.39, 0.29) is 0 Å². The number of nitrogens with two attached hydrogens (primary N) is 2. The largest absolute Gasteiger partial charge is 0.494 e. The smallest absolute Gasteiger partial charge is 0.165 e. The number of hydrogen-bond acceptors (Lipinski definition) is 7. The number of morpholine rings is 1. The van der Waals surface area contributed by atoms with Crippen LogP contribution in [0.5, 0.6) is 5.75 Å². The van der Waals surface area contributed by atoms with E-state index in [1.165, 1.54) is 0 Å². The van der Waals surface area contributed by atoms with Crippen molar-refractivity contribution in [1.29, 1.82) is 0 Å². The average Bonchev–Trinajstić information content (AvgIpc) is 2.74. The molecule has 0 unspecified atom stereocenters. The maximum absolute atomic E-state index is 6.32. The van der Waals surface area contributed by atoms with Gasteiger partial charge in [0.1, 0.15) is 0 Å². The molecule has 7 heteroatoms. The summed E-state index contributed by atoms with van der Waals surface area (Å²) in [6.07, 6.45) is 1.73. The Morgan fingerprint density at radius 1 is 1.00 bits per heavy atom. The second-order valence-corrected chi connectivity index (χ2v) is 6.57. The summed E-state index contributed by atoms with van der Waals surface area (Å²) in [4.78, 5) is 11.4. The molecule has 4 N–H and O–H groups in total. The highest BCUT2D eigenvalue weighted by atomic mass is 16.5. The van der Waals surface area contributed by atoms with Crippen LogP contribution in [0.4, 0.5) is 17.1 Å². The summed E-state index contributed by atoms with van der Waals surface area (Å²) in [6.45, 7) is 2.97. The maximum atomic E-state index is 6.32. The minimum absolute atomic E-state index is 0.527. The number of ether oxygens (including phenoxy) is 2. The fraction of sp³-hybridized carbons (Fsp3) is 0.238. The van der Waals surface area contributed by atoms with Crippen molar-refractivity contribution < 1.29 is 9.47 Å². The number of nitrogen functional groups attached to an aromatic ring is 2. The molecule has 0 aliphatic carbocycles. The van der Waals surface area contributed by atoms with Crippen LogP contribution in [0, 0.1) is 0 Å². The lowest BCUT2D eigenvalue weighted by Crippen LogP contribution is -2.36. The second-order valence-electron chi connectivity index (χ2n) is 6.57. The Balaban J connectivity index is 1.80. The van der Waals surface area contributed by atoms with Gasteiger partial charge in [0.25, 0.3) is 0 Å². The molecule has 4 rings (SSSR count). The van der Waals surface area contributed by atoms with Gasteiger partial charge in [-0.25, -0.2) is 9.97 Å². The van der Waals surface area contributed by atoms with E-state index in [9.17, 15) is 0 Å². The van der Waals surface area contributed by atoms with Gasteiger partial charge in [-0.1, -0.05) is 12.1 Å². The van der Waals surface area contributed by atoms with Crippen molar-refractivity contribution in [2.75, 3.05) is 49.8 Å². The number of hydrogen-bond donors (Lipinski definition) is 2. The van der Waals surface area contributed by atoms with E-state index in [1.807, 2.05) is 42.5 Å². The van der Waals surface area contributed by atoms with Gasteiger partial charge in [-0.3, -0.25) is 0 Å². The lowest BCUT2D eigenvalue weighted by Gasteiger charge is -2.31. The molecule has 0 spiro atoms. The van der Waals surface area contributed by atoms with Crippen LogP contribution in [0.2, 0.25) is 0 Å². The number of benzene rings is 2. The SMILES string of the molecule is COc1c(N2CCOCC2)ccc(N)c1-c1nccc(-c2ccc(N)cc2)n1. The molecule has 3 aromatic rings. The molecule has 2 aromatic carbocycles. The molecule has 0 saturated carbocycles. The molecule has 0 amide bonds. The third kappa shape index (κ3) is 3.44. The van der Waals surface area contributed by atoms with Crippen LogP contribution in [0.25, 0.3) is 22.6 Å². The first-order valence-electron chi connectivity index (χ1n) is 9.16. The topological polar surface area (TPSA) is 99.5 Å². The van der Waals surface area contributed by atoms with Gasteiger partial charge in [0.15, 0.2) is 11.6 Å². The number of anilines is 3. The van der Waals surface area contributed by atoms with Crippen LogP contribution in [-0.2, 0) is 4.74 Å². The Hall–Kier alpha value is -3.32. The first-order valence-corrected chi connectivity index (χ1v) is 9.16. The van der Waals surface area contributed by atoms with E-state index < -0.39 is 0 Å². The Morgan fingerprint density at radius 3 is 2.46 bits per heavy atom. The zero-order valence-corrected chi connectivity index (χ0v) is 15.8. The standard InChI is InChI=1S/C21H23N5O2/c1-27-20-18(26-10-12-28-13-11-26)7-6-16(23)19(20)21-24-9-8-17(25-21)14-2-4-15(22)5-3-14/h2-9H,10-13,22-23H2,1H3. The van der Waals surface area contributed by atoms with Crippen molar-refractivity contribution >= 4 is 17.1 Å². The number of aromatic nitrogens is 2.